The fraction of sp³-hybridized carbons (Fsp3) is 0.125. The van der Waals surface area contributed by atoms with Crippen molar-refractivity contribution in [3.8, 4) is 5.75 Å². The van der Waals surface area contributed by atoms with Crippen molar-refractivity contribution in [1.82, 2.24) is 5.48 Å². The number of hydrogen-bond acceptors (Lipinski definition) is 3. The first-order chi connectivity index (χ1) is 14.1. The summed E-state index contributed by atoms with van der Waals surface area (Å²) >= 11 is 3.38. The standard InChI is InChI=1S/C24H22BrNO3/c1-18-2-4-20(5-3-18)16-28-23-13-8-21(9-14-23)17-29-26-24(27)15-10-19-6-11-22(25)12-7-19/h2-15H,16-17H2,1H3,(H,26,27). The lowest BCUT2D eigenvalue weighted by Crippen LogP contribution is -2.21. The average molecular weight is 452 g/mol. The zero-order valence-corrected chi connectivity index (χ0v) is 17.7. The molecule has 3 aromatic carbocycles. The third kappa shape index (κ3) is 7.22. The maximum Gasteiger partial charge on any atom is 0.267 e. The number of carbonyl (C=O) groups is 1. The molecule has 0 aliphatic heterocycles. The fourth-order valence-corrected chi connectivity index (χ4v) is 2.77. The summed E-state index contributed by atoms with van der Waals surface area (Å²) in [5.41, 5.74) is 6.64. The van der Waals surface area contributed by atoms with E-state index in [4.69, 9.17) is 9.57 Å². The Kier molecular flexibility index (Phi) is 7.61. The van der Waals surface area contributed by atoms with Crippen LogP contribution in [0.25, 0.3) is 6.08 Å². The molecule has 3 aromatic rings. The van der Waals surface area contributed by atoms with Gasteiger partial charge in [-0.25, -0.2) is 5.48 Å². The largest absolute Gasteiger partial charge is 0.489 e. The number of halogens is 1. The van der Waals surface area contributed by atoms with Crippen LogP contribution in [0.1, 0.15) is 22.3 Å². The van der Waals surface area contributed by atoms with Crippen LogP contribution in [-0.4, -0.2) is 5.91 Å². The van der Waals surface area contributed by atoms with Gasteiger partial charge in [0.25, 0.3) is 5.91 Å². The van der Waals surface area contributed by atoms with Crippen LogP contribution in [0.3, 0.4) is 0 Å². The molecule has 0 radical (unpaired) electrons. The summed E-state index contributed by atoms with van der Waals surface area (Å²) in [6, 6.07) is 23.5. The van der Waals surface area contributed by atoms with E-state index in [1.54, 1.807) is 6.08 Å². The first-order valence-corrected chi connectivity index (χ1v) is 10.0. The van der Waals surface area contributed by atoms with Crippen molar-refractivity contribution in [3.05, 3.63) is 106 Å². The molecule has 0 saturated carbocycles. The van der Waals surface area contributed by atoms with Gasteiger partial charge >= 0.3 is 0 Å². The predicted molar refractivity (Wildman–Crippen MR) is 118 cm³/mol. The van der Waals surface area contributed by atoms with Crippen LogP contribution < -0.4 is 10.2 Å². The van der Waals surface area contributed by atoms with E-state index in [-0.39, 0.29) is 12.5 Å². The summed E-state index contributed by atoms with van der Waals surface area (Å²) < 4.78 is 6.78. The maximum atomic E-state index is 11.8. The topological polar surface area (TPSA) is 47.6 Å². The number of carbonyl (C=O) groups excluding carboxylic acids is 1. The molecule has 0 aliphatic rings. The third-order valence-electron chi connectivity index (χ3n) is 4.16. The van der Waals surface area contributed by atoms with Crippen LogP contribution in [0.2, 0.25) is 0 Å². The molecular weight excluding hydrogens is 430 g/mol. The minimum atomic E-state index is -0.314. The molecule has 29 heavy (non-hydrogen) atoms. The second-order valence-electron chi connectivity index (χ2n) is 6.56. The van der Waals surface area contributed by atoms with E-state index in [1.807, 2.05) is 48.5 Å². The third-order valence-corrected chi connectivity index (χ3v) is 4.69. The predicted octanol–water partition coefficient (Wildman–Crippen LogP) is 5.60. The maximum absolute atomic E-state index is 11.8. The van der Waals surface area contributed by atoms with E-state index >= 15 is 0 Å². The highest BCUT2D eigenvalue weighted by Gasteiger charge is 2.00. The summed E-state index contributed by atoms with van der Waals surface area (Å²) in [6.45, 7) is 2.86. The zero-order valence-electron chi connectivity index (χ0n) is 16.1. The van der Waals surface area contributed by atoms with Crippen LogP contribution in [0.5, 0.6) is 5.75 Å². The minimum Gasteiger partial charge on any atom is -0.489 e. The Bertz CT molecular complexity index is 949. The van der Waals surface area contributed by atoms with Gasteiger partial charge in [0.05, 0.1) is 6.61 Å². The van der Waals surface area contributed by atoms with Crippen LogP contribution >= 0.6 is 15.9 Å². The van der Waals surface area contributed by atoms with Crippen molar-refractivity contribution in [1.29, 1.82) is 0 Å². The molecular formula is C24H22BrNO3. The SMILES string of the molecule is Cc1ccc(COc2ccc(CONC(=O)C=Cc3ccc(Br)cc3)cc2)cc1. The molecule has 0 aromatic heterocycles. The molecule has 0 fully saturated rings. The molecule has 0 saturated heterocycles. The molecule has 148 valence electrons. The number of aryl methyl sites for hydroxylation is 1. The number of hydrogen-bond donors (Lipinski definition) is 1. The molecule has 0 spiro atoms. The Morgan fingerprint density at radius 1 is 0.897 bits per heavy atom. The van der Waals surface area contributed by atoms with Gasteiger partial charge in [0.2, 0.25) is 0 Å². The van der Waals surface area contributed by atoms with Crippen LogP contribution in [0.15, 0.2) is 83.3 Å². The number of benzene rings is 3. The molecule has 0 bridgehead atoms. The summed E-state index contributed by atoms with van der Waals surface area (Å²) in [5.74, 6) is 0.474. The van der Waals surface area contributed by atoms with Crippen molar-refractivity contribution < 1.29 is 14.4 Å². The molecule has 0 aliphatic carbocycles. The molecule has 1 amide bonds. The Morgan fingerprint density at radius 2 is 1.52 bits per heavy atom. The second kappa shape index (κ2) is 10.6. The summed E-state index contributed by atoms with van der Waals surface area (Å²) in [7, 11) is 0. The van der Waals surface area contributed by atoms with Crippen molar-refractivity contribution in [2.24, 2.45) is 0 Å². The summed E-state index contributed by atoms with van der Waals surface area (Å²) in [5, 5.41) is 0. The highest BCUT2D eigenvalue weighted by Crippen LogP contribution is 2.15. The van der Waals surface area contributed by atoms with Crippen LogP contribution in [-0.2, 0) is 22.8 Å². The molecule has 1 N–H and O–H groups in total. The molecule has 3 rings (SSSR count). The molecule has 4 nitrogen and oxygen atoms in total. The lowest BCUT2D eigenvalue weighted by Gasteiger charge is -2.08. The van der Waals surface area contributed by atoms with Gasteiger partial charge in [-0.1, -0.05) is 70.0 Å². The monoisotopic (exact) mass is 451 g/mol. The van der Waals surface area contributed by atoms with Gasteiger partial charge in [-0.15, -0.1) is 0 Å². The van der Waals surface area contributed by atoms with Crippen molar-refractivity contribution in [2.75, 3.05) is 0 Å². The van der Waals surface area contributed by atoms with E-state index in [2.05, 4.69) is 52.6 Å². The highest BCUT2D eigenvalue weighted by molar-refractivity contribution is 9.10. The zero-order chi connectivity index (χ0) is 20.5. The average Bonchev–Trinajstić information content (AvgIpc) is 2.74. The van der Waals surface area contributed by atoms with Crippen molar-refractivity contribution in [3.63, 3.8) is 0 Å². The Balaban J connectivity index is 1.39. The lowest BCUT2D eigenvalue weighted by molar-refractivity contribution is -0.129. The van der Waals surface area contributed by atoms with E-state index in [0.29, 0.717) is 6.61 Å². The van der Waals surface area contributed by atoms with Crippen LogP contribution in [0, 0.1) is 6.92 Å². The van der Waals surface area contributed by atoms with E-state index in [1.165, 1.54) is 11.6 Å². The molecule has 5 heteroatoms. The lowest BCUT2D eigenvalue weighted by atomic mass is 10.2. The van der Waals surface area contributed by atoms with Crippen molar-refractivity contribution in [2.45, 2.75) is 20.1 Å². The first-order valence-electron chi connectivity index (χ1n) is 9.21. The van der Waals surface area contributed by atoms with E-state index < -0.39 is 0 Å². The fourth-order valence-electron chi connectivity index (χ4n) is 2.50. The summed E-state index contributed by atoms with van der Waals surface area (Å²) in [4.78, 5) is 17.1. The number of amides is 1. The molecule has 0 unspecified atom stereocenters. The first kappa shape index (κ1) is 20.8. The highest BCUT2D eigenvalue weighted by atomic mass is 79.9. The van der Waals surface area contributed by atoms with Crippen molar-refractivity contribution >= 4 is 27.9 Å². The quantitative estimate of drug-likeness (QED) is 0.358. The minimum absolute atomic E-state index is 0.274. The normalized spacial score (nSPS) is 10.8. The van der Waals surface area contributed by atoms with Gasteiger partial charge in [0.1, 0.15) is 12.4 Å². The van der Waals surface area contributed by atoms with Gasteiger partial charge in [0, 0.05) is 10.5 Å². The van der Waals surface area contributed by atoms with Gasteiger partial charge < -0.3 is 4.74 Å². The summed E-state index contributed by atoms with van der Waals surface area (Å²) in [6.07, 6.45) is 3.16. The van der Waals surface area contributed by atoms with Gasteiger partial charge in [-0.2, -0.15) is 0 Å². The Morgan fingerprint density at radius 3 is 2.21 bits per heavy atom. The second-order valence-corrected chi connectivity index (χ2v) is 7.47. The number of nitrogens with one attached hydrogen (secondary N) is 1. The smallest absolute Gasteiger partial charge is 0.267 e. The Hall–Kier alpha value is -2.89. The molecule has 0 heterocycles. The number of hydroxylamine groups is 1. The van der Waals surface area contributed by atoms with Gasteiger partial charge in [-0.05, 0) is 54.0 Å². The van der Waals surface area contributed by atoms with Gasteiger partial charge in [0.15, 0.2) is 0 Å². The van der Waals surface area contributed by atoms with E-state index in [9.17, 15) is 4.79 Å². The molecule has 0 atom stereocenters. The van der Waals surface area contributed by atoms with Crippen LogP contribution in [0.4, 0.5) is 0 Å². The number of ether oxygens (including phenoxy) is 1. The Labute approximate surface area is 179 Å². The number of rotatable bonds is 8. The van der Waals surface area contributed by atoms with Gasteiger partial charge in [-0.3, -0.25) is 9.63 Å². The van der Waals surface area contributed by atoms with E-state index in [0.717, 1.165) is 26.9 Å².